The van der Waals surface area contributed by atoms with Crippen LogP contribution in [0, 0.1) is 12.3 Å². The molecule has 0 saturated carbocycles. The van der Waals surface area contributed by atoms with Gasteiger partial charge in [-0.05, 0) is 71.3 Å². The van der Waals surface area contributed by atoms with Crippen molar-refractivity contribution in [2.75, 3.05) is 32.8 Å². The molecular formula is C22H25BrN2O4. The van der Waals surface area contributed by atoms with Gasteiger partial charge in [-0.25, -0.2) is 0 Å². The first-order valence-electron chi connectivity index (χ1n) is 9.97. The number of aryl methyl sites for hydroxylation is 1. The molecule has 0 unspecified atom stereocenters. The molecule has 0 aliphatic carbocycles. The quantitative estimate of drug-likeness (QED) is 0.694. The second-order valence-corrected chi connectivity index (χ2v) is 8.80. The van der Waals surface area contributed by atoms with Gasteiger partial charge in [-0.1, -0.05) is 18.2 Å². The van der Waals surface area contributed by atoms with Gasteiger partial charge in [-0.15, -0.1) is 0 Å². The maximum atomic E-state index is 12.6. The number of piperidine rings is 1. The molecule has 1 spiro atoms. The molecule has 2 aromatic rings. The third-order valence-corrected chi connectivity index (χ3v) is 6.56. The Kier molecular flexibility index (Phi) is 5.67. The maximum Gasteiger partial charge on any atom is 0.289 e. The van der Waals surface area contributed by atoms with Crippen molar-refractivity contribution in [2.24, 2.45) is 5.41 Å². The van der Waals surface area contributed by atoms with Gasteiger partial charge in [-0.3, -0.25) is 9.59 Å². The topological polar surface area (TPSA) is 63.0 Å². The molecule has 29 heavy (non-hydrogen) atoms. The highest BCUT2D eigenvalue weighted by molar-refractivity contribution is 9.10. The molecule has 0 bridgehead atoms. The number of amides is 2. The maximum absolute atomic E-state index is 12.6. The van der Waals surface area contributed by atoms with E-state index in [4.69, 9.17) is 9.15 Å². The Balaban J connectivity index is 1.28. The Morgan fingerprint density at radius 2 is 1.76 bits per heavy atom. The van der Waals surface area contributed by atoms with E-state index in [1.807, 2.05) is 41.0 Å². The Hall–Kier alpha value is -2.28. The van der Waals surface area contributed by atoms with Gasteiger partial charge in [0.25, 0.3) is 11.8 Å². The number of carbonyl (C=O) groups excluding carboxylic acids is 2. The molecule has 2 aliphatic rings. The largest absolute Gasteiger partial charge is 0.484 e. The first-order valence-corrected chi connectivity index (χ1v) is 10.8. The van der Waals surface area contributed by atoms with E-state index >= 15 is 0 Å². The summed E-state index contributed by atoms with van der Waals surface area (Å²) < 4.78 is 11.7. The highest BCUT2D eigenvalue weighted by Gasteiger charge is 2.43. The molecule has 0 N–H and O–H groups in total. The molecule has 7 heteroatoms. The summed E-state index contributed by atoms with van der Waals surface area (Å²) >= 11 is 3.25. The molecule has 0 radical (unpaired) electrons. The van der Waals surface area contributed by atoms with Crippen LogP contribution in [0.3, 0.4) is 0 Å². The molecule has 4 rings (SSSR count). The van der Waals surface area contributed by atoms with Gasteiger partial charge in [0.2, 0.25) is 0 Å². The summed E-state index contributed by atoms with van der Waals surface area (Å²) in [5, 5.41) is 0. The fraction of sp³-hybridized carbons (Fsp3) is 0.455. The van der Waals surface area contributed by atoms with E-state index in [0.29, 0.717) is 23.5 Å². The second-order valence-electron chi connectivity index (χ2n) is 8.02. The molecule has 154 valence electrons. The summed E-state index contributed by atoms with van der Waals surface area (Å²) in [7, 11) is 0. The monoisotopic (exact) mass is 460 g/mol. The lowest BCUT2D eigenvalue weighted by atomic mass is 9.78. The van der Waals surface area contributed by atoms with Crippen LogP contribution < -0.4 is 4.74 Å². The zero-order valence-electron chi connectivity index (χ0n) is 16.5. The summed E-state index contributed by atoms with van der Waals surface area (Å²) in [5.41, 5.74) is 1.13. The molecule has 1 aromatic carbocycles. The zero-order chi connectivity index (χ0) is 20.4. The van der Waals surface area contributed by atoms with Crippen LogP contribution in [0.1, 0.15) is 35.4 Å². The van der Waals surface area contributed by atoms with Gasteiger partial charge in [0, 0.05) is 26.2 Å². The minimum absolute atomic E-state index is 0.0227. The van der Waals surface area contributed by atoms with Gasteiger partial charge >= 0.3 is 0 Å². The summed E-state index contributed by atoms with van der Waals surface area (Å²) in [5.74, 6) is 1.09. The van der Waals surface area contributed by atoms with E-state index in [9.17, 15) is 9.59 Å². The second kappa shape index (κ2) is 8.22. The predicted molar refractivity (Wildman–Crippen MR) is 112 cm³/mol. The Morgan fingerprint density at radius 1 is 1.07 bits per heavy atom. The number of rotatable bonds is 4. The Bertz CT molecular complexity index is 902. The molecule has 6 nitrogen and oxygen atoms in total. The standard InChI is InChI=1S/C22H25BrN2O4/c1-16-4-2-3-5-17(16)28-14-20(26)24-11-8-22(9-12-24)10-13-25(15-22)21(27)18-6-7-19(23)29-18/h2-7H,8-15H2,1H3. The van der Waals surface area contributed by atoms with Crippen LogP contribution in [0.15, 0.2) is 45.5 Å². The van der Waals surface area contributed by atoms with Gasteiger partial charge in [0.15, 0.2) is 17.0 Å². The van der Waals surface area contributed by atoms with Gasteiger partial charge in [-0.2, -0.15) is 0 Å². The normalized spacial score (nSPS) is 18.3. The van der Waals surface area contributed by atoms with Crippen molar-refractivity contribution >= 4 is 27.7 Å². The van der Waals surface area contributed by atoms with E-state index in [1.54, 1.807) is 12.1 Å². The predicted octanol–water partition coefficient (Wildman–Crippen LogP) is 3.88. The number of halogens is 1. The molecule has 2 amide bonds. The van der Waals surface area contributed by atoms with E-state index in [1.165, 1.54) is 0 Å². The van der Waals surface area contributed by atoms with Crippen LogP contribution in [-0.2, 0) is 4.79 Å². The lowest BCUT2D eigenvalue weighted by Gasteiger charge is -2.39. The number of carbonyl (C=O) groups is 2. The Morgan fingerprint density at radius 3 is 2.41 bits per heavy atom. The average Bonchev–Trinajstić information content (AvgIpc) is 3.34. The minimum Gasteiger partial charge on any atom is -0.484 e. The first kappa shape index (κ1) is 20.0. The number of hydrogen-bond donors (Lipinski definition) is 0. The minimum atomic E-state index is -0.0577. The van der Waals surface area contributed by atoms with Crippen molar-refractivity contribution in [1.82, 2.24) is 9.80 Å². The highest BCUT2D eigenvalue weighted by Crippen LogP contribution is 2.41. The summed E-state index contributed by atoms with van der Waals surface area (Å²) in [4.78, 5) is 29.0. The van der Waals surface area contributed by atoms with Crippen LogP contribution in [0.2, 0.25) is 0 Å². The molecular weight excluding hydrogens is 436 g/mol. The van der Waals surface area contributed by atoms with Crippen LogP contribution in [0.5, 0.6) is 5.75 Å². The van der Waals surface area contributed by atoms with Crippen molar-refractivity contribution in [1.29, 1.82) is 0 Å². The number of benzene rings is 1. The number of nitrogens with zero attached hydrogens (tertiary/aromatic N) is 2. The van der Waals surface area contributed by atoms with E-state index in [-0.39, 0.29) is 23.8 Å². The molecule has 3 heterocycles. The van der Waals surface area contributed by atoms with Crippen molar-refractivity contribution in [3.63, 3.8) is 0 Å². The van der Waals surface area contributed by atoms with Crippen LogP contribution >= 0.6 is 15.9 Å². The van der Waals surface area contributed by atoms with Crippen molar-refractivity contribution < 1.29 is 18.7 Å². The summed E-state index contributed by atoms with van der Waals surface area (Å²) in [6, 6.07) is 11.2. The summed E-state index contributed by atoms with van der Waals surface area (Å²) in [6.45, 7) is 4.93. The molecule has 2 fully saturated rings. The lowest BCUT2D eigenvalue weighted by molar-refractivity contribution is -0.135. The number of likely N-dealkylation sites (tertiary alicyclic amines) is 2. The fourth-order valence-electron chi connectivity index (χ4n) is 4.28. The van der Waals surface area contributed by atoms with Gasteiger partial charge in [0.05, 0.1) is 0 Å². The molecule has 2 aliphatic heterocycles. The van der Waals surface area contributed by atoms with Crippen LogP contribution in [0.25, 0.3) is 0 Å². The highest BCUT2D eigenvalue weighted by atomic mass is 79.9. The Labute approximate surface area is 178 Å². The number of furan rings is 1. The van der Waals surface area contributed by atoms with Crippen molar-refractivity contribution in [3.05, 3.63) is 52.4 Å². The van der Waals surface area contributed by atoms with Gasteiger partial charge < -0.3 is 19.0 Å². The molecule has 0 atom stereocenters. The smallest absolute Gasteiger partial charge is 0.289 e. The molecule has 1 aromatic heterocycles. The van der Waals surface area contributed by atoms with E-state index in [0.717, 1.165) is 43.7 Å². The first-order chi connectivity index (χ1) is 14.0. The fourth-order valence-corrected chi connectivity index (χ4v) is 4.59. The van der Waals surface area contributed by atoms with Crippen molar-refractivity contribution in [3.8, 4) is 5.75 Å². The third-order valence-electron chi connectivity index (χ3n) is 6.13. The zero-order valence-corrected chi connectivity index (χ0v) is 18.1. The lowest BCUT2D eigenvalue weighted by Crippen LogP contribution is -2.46. The SMILES string of the molecule is Cc1ccccc1OCC(=O)N1CCC2(CC1)CCN(C(=O)c1ccc(Br)o1)C2. The van der Waals surface area contributed by atoms with Crippen LogP contribution in [-0.4, -0.2) is 54.4 Å². The number of ether oxygens (including phenoxy) is 1. The molecule has 2 saturated heterocycles. The van der Waals surface area contributed by atoms with E-state index < -0.39 is 0 Å². The number of hydrogen-bond acceptors (Lipinski definition) is 4. The third kappa shape index (κ3) is 4.34. The van der Waals surface area contributed by atoms with Crippen LogP contribution in [0.4, 0.5) is 0 Å². The van der Waals surface area contributed by atoms with E-state index in [2.05, 4.69) is 15.9 Å². The average molecular weight is 461 g/mol. The van der Waals surface area contributed by atoms with Gasteiger partial charge in [0.1, 0.15) is 5.75 Å². The number of para-hydroxylation sites is 1. The van der Waals surface area contributed by atoms with Crippen molar-refractivity contribution in [2.45, 2.75) is 26.2 Å². The summed E-state index contributed by atoms with van der Waals surface area (Å²) in [6.07, 6.45) is 2.80.